The molecule has 6 heteroatoms. The fourth-order valence-corrected chi connectivity index (χ4v) is 3.36. The lowest BCUT2D eigenvalue weighted by Crippen LogP contribution is -2.25. The third kappa shape index (κ3) is 4.27. The van der Waals surface area contributed by atoms with Crippen molar-refractivity contribution in [1.29, 1.82) is 0 Å². The maximum atomic E-state index is 13.0. The molecule has 0 radical (unpaired) electrons. The Balaban J connectivity index is 1.88. The molecule has 30 heavy (non-hydrogen) atoms. The van der Waals surface area contributed by atoms with E-state index in [2.05, 4.69) is 17.2 Å². The number of methoxy groups -OCH3 is 1. The summed E-state index contributed by atoms with van der Waals surface area (Å²) in [7, 11) is 1.62. The van der Waals surface area contributed by atoms with Gasteiger partial charge < -0.3 is 19.9 Å². The van der Waals surface area contributed by atoms with Gasteiger partial charge in [-0.05, 0) is 56.3 Å². The summed E-state index contributed by atoms with van der Waals surface area (Å²) in [5.74, 6) is 0.229. The fraction of sp³-hybridized carbons (Fsp3) is 0.167. The third-order valence-electron chi connectivity index (χ3n) is 4.83. The molecule has 0 saturated carbocycles. The maximum absolute atomic E-state index is 13.0. The predicted octanol–water partition coefficient (Wildman–Crippen LogP) is 4.27. The average molecular weight is 403 g/mol. The molecule has 0 aliphatic carbocycles. The largest absolute Gasteiger partial charge is 0.497 e. The minimum absolute atomic E-state index is 0.269. The smallest absolute Gasteiger partial charge is 0.257 e. The van der Waals surface area contributed by atoms with Gasteiger partial charge in [0, 0.05) is 23.6 Å². The summed E-state index contributed by atoms with van der Waals surface area (Å²) in [6.07, 6.45) is 1.60. The molecule has 0 aliphatic heterocycles. The number of nitrogens with one attached hydrogen (secondary N) is 2. The molecular weight excluding hydrogens is 378 g/mol. The van der Waals surface area contributed by atoms with Crippen LogP contribution in [0.5, 0.6) is 5.75 Å². The van der Waals surface area contributed by atoms with Gasteiger partial charge in [-0.3, -0.25) is 9.59 Å². The lowest BCUT2D eigenvalue weighted by Gasteiger charge is -2.12. The number of para-hydroxylation sites is 1. The highest BCUT2D eigenvalue weighted by atomic mass is 16.5. The van der Waals surface area contributed by atoms with E-state index in [9.17, 15) is 9.59 Å². The number of nitrogens with zero attached hydrogens (tertiary/aromatic N) is 1. The van der Waals surface area contributed by atoms with Crippen LogP contribution >= 0.6 is 0 Å². The Hall–Kier alpha value is -3.80. The van der Waals surface area contributed by atoms with E-state index >= 15 is 0 Å². The van der Waals surface area contributed by atoms with Crippen LogP contribution in [0.15, 0.2) is 67.3 Å². The lowest BCUT2D eigenvalue weighted by atomic mass is 10.1. The van der Waals surface area contributed by atoms with Crippen LogP contribution in [0.1, 0.15) is 32.1 Å². The molecule has 154 valence electrons. The van der Waals surface area contributed by atoms with Crippen molar-refractivity contribution in [3.8, 4) is 11.4 Å². The minimum atomic E-state index is -0.271. The molecule has 3 rings (SSSR count). The minimum Gasteiger partial charge on any atom is -0.497 e. The third-order valence-corrected chi connectivity index (χ3v) is 4.83. The number of hydrogen-bond acceptors (Lipinski definition) is 3. The Morgan fingerprint density at radius 2 is 1.73 bits per heavy atom. The fourth-order valence-electron chi connectivity index (χ4n) is 3.36. The van der Waals surface area contributed by atoms with E-state index in [-0.39, 0.29) is 11.8 Å². The zero-order valence-electron chi connectivity index (χ0n) is 17.4. The molecule has 0 fully saturated rings. The highest BCUT2D eigenvalue weighted by Gasteiger charge is 2.19. The topological polar surface area (TPSA) is 72.4 Å². The first kappa shape index (κ1) is 20.9. The number of hydrogen-bond donors (Lipinski definition) is 2. The summed E-state index contributed by atoms with van der Waals surface area (Å²) in [5.41, 5.74) is 4.08. The quantitative estimate of drug-likeness (QED) is 0.579. The molecule has 0 aliphatic rings. The standard InChI is InChI=1S/C24H25N3O3/c1-5-14-25-23(28)20-8-6-7-9-22(20)26-24(29)21-15-16(2)27(17(21)3)18-10-12-19(30-4)13-11-18/h5-13,15H,1,14H2,2-4H3,(H,25,28)(H,26,29). The van der Waals surface area contributed by atoms with Crippen LogP contribution in [0, 0.1) is 13.8 Å². The van der Waals surface area contributed by atoms with Crippen LogP contribution in [0.25, 0.3) is 5.69 Å². The summed E-state index contributed by atoms with van der Waals surface area (Å²) in [6, 6.07) is 16.4. The van der Waals surface area contributed by atoms with Crippen molar-refractivity contribution in [2.75, 3.05) is 19.0 Å². The Labute approximate surface area is 176 Å². The van der Waals surface area contributed by atoms with Gasteiger partial charge in [-0.25, -0.2) is 0 Å². The van der Waals surface area contributed by atoms with Gasteiger partial charge >= 0.3 is 0 Å². The normalized spacial score (nSPS) is 10.4. The second kappa shape index (κ2) is 9.13. The van der Waals surface area contributed by atoms with E-state index < -0.39 is 0 Å². The van der Waals surface area contributed by atoms with Crippen molar-refractivity contribution in [2.24, 2.45) is 0 Å². The average Bonchev–Trinajstić information content (AvgIpc) is 3.06. The Kier molecular flexibility index (Phi) is 6.37. The molecule has 2 amide bonds. The molecule has 0 spiro atoms. The van der Waals surface area contributed by atoms with Crippen molar-refractivity contribution in [3.63, 3.8) is 0 Å². The molecule has 0 saturated heterocycles. The number of amides is 2. The predicted molar refractivity (Wildman–Crippen MR) is 119 cm³/mol. The van der Waals surface area contributed by atoms with Gasteiger partial charge in [0.15, 0.2) is 0 Å². The van der Waals surface area contributed by atoms with Gasteiger partial charge in [0.2, 0.25) is 0 Å². The molecule has 2 aromatic carbocycles. The molecular formula is C24H25N3O3. The Morgan fingerprint density at radius 1 is 1.03 bits per heavy atom. The number of carbonyl (C=O) groups is 2. The van der Waals surface area contributed by atoms with Crippen molar-refractivity contribution >= 4 is 17.5 Å². The van der Waals surface area contributed by atoms with Crippen molar-refractivity contribution in [2.45, 2.75) is 13.8 Å². The SMILES string of the molecule is C=CCNC(=O)c1ccccc1NC(=O)c1cc(C)n(-c2ccc(OC)cc2)c1C. The zero-order chi connectivity index (χ0) is 21.7. The molecule has 0 bridgehead atoms. The highest BCUT2D eigenvalue weighted by Crippen LogP contribution is 2.24. The first-order valence-corrected chi connectivity index (χ1v) is 9.59. The molecule has 1 aromatic heterocycles. The molecule has 6 nitrogen and oxygen atoms in total. The van der Waals surface area contributed by atoms with Crippen LogP contribution in [0.3, 0.4) is 0 Å². The first-order chi connectivity index (χ1) is 14.5. The second-order valence-electron chi connectivity index (χ2n) is 6.82. The number of aryl methyl sites for hydroxylation is 1. The maximum Gasteiger partial charge on any atom is 0.257 e. The zero-order valence-corrected chi connectivity index (χ0v) is 17.4. The van der Waals surface area contributed by atoms with E-state index in [4.69, 9.17) is 4.74 Å². The van der Waals surface area contributed by atoms with Crippen molar-refractivity contribution in [1.82, 2.24) is 9.88 Å². The molecule has 0 unspecified atom stereocenters. The Bertz CT molecular complexity index is 1080. The van der Waals surface area contributed by atoms with E-state index in [1.807, 2.05) is 48.7 Å². The van der Waals surface area contributed by atoms with E-state index in [0.717, 1.165) is 22.8 Å². The second-order valence-corrected chi connectivity index (χ2v) is 6.82. The summed E-state index contributed by atoms with van der Waals surface area (Å²) in [4.78, 5) is 25.4. The van der Waals surface area contributed by atoms with Crippen LogP contribution in [0.4, 0.5) is 5.69 Å². The summed E-state index contributed by atoms with van der Waals surface area (Å²) in [6.45, 7) is 7.80. The molecule has 1 heterocycles. The summed E-state index contributed by atoms with van der Waals surface area (Å²) in [5, 5.41) is 5.61. The highest BCUT2D eigenvalue weighted by molar-refractivity contribution is 6.09. The van der Waals surface area contributed by atoms with Gasteiger partial charge in [0.1, 0.15) is 5.75 Å². The lowest BCUT2D eigenvalue weighted by molar-refractivity contribution is 0.0959. The van der Waals surface area contributed by atoms with Gasteiger partial charge in [-0.15, -0.1) is 6.58 Å². The van der Waals surface area contributed by atoms with E-state index in [0.29, 0.717) is 23.4 Å². The van der Waals surface area contributed by atoms with E-state index in [1.165, 1.54) is 0 Å². The van der Waals surface area contributed by atoms with Crippen LogP contribution < -0.4 is 15.4 Å². The number of aromatic nitrogens is 1. The summed E-state index contributed by atoms with van der Waals surface area (Å²) >= 11 is 0. The monoisotopic (exact) mass is 403 g/mol. The van der Waals surface area contributed by atoms with Crippen molar-refractivity contribution in [3.05, 3.63) is 89.8 Å². The molecule has 2 N–H and O–H groups in total. The molecule has 0 atom stereocenters. The van der Waals surface area contributed by atoms with Gasteiger partial charge in [-0.1, -0.05) is 18.2 Å². The van der Waals surface area contributed by atoms with Crippen LogP contribution in [-0.2, 0) is 0 Å². The summed E-state index contributed by atoms with van der Waals surface area (Å²) < 4.78 is 7.23. The van der Waals surface area contributed by atoms with Crippen LogP contribution in [-0.4, -0.2) is 30.0 Å². The molecule has 3 aromatic rings. The van der Waals surface area contributed by atoms with E-state index in [1.54, 1.807) is 37.5 Å². The number of rotatable bonds is 7. The van der Waals surface area contributed by atoms with Crippen molar-refractivity contribution < 1.29 is 14.3 Å². The first-order valence-electron chi connectivity index (χ1n) is 9.59. The van der Waals surface area contributed by atoms with Crippen LogP contribution in [0.2, 0.25) is 0 Å². The number of benzene rings is 2. The van der Waals surface area contributed by atoms with Gasteiger partial charge in [0.05, 0.1) is 23.9 Å². The number of carbonyl (C=O) groups excluding carboxylic acids is 2. The van der Waals surface area contributed by atoms with Gasteiger partial charge in [-0.2, -0.15) is 0 Å². The number of ether oxygens (including phenoxy) is 1. The Morgan fingerprint density at radius 3 is 2.40 bits per heavy atom. The number of anilines is 1. The van der Waals surface area contributed by atoms with Gasteiger partial charge in [0.25, 0.3) is 11.8 Å².